The van der Waals surface area contributed by atoms with Crippen LogP contribution in [0, 0.1) is 29.1 Å². The molecular weight excluding hydrogens is 343 g/mol. The van der Waals surface area contributed by atoms with Gasteiger partial charge in [0.2, 0.25) is 0 Å². The van der Waals surface area contributed by atoms with E-state index in [1.54, 1.807) is 0 Å². The van der Waals surface area contributed by atoms with Crippen LogP contribution in [0.15, 0.2) is 30.3 Å². The lowest BCUT2D eigenvalue weighted by atomic mass is 10.0. The Kier molecular flexibility index (Phi) is 4.42. The van der Waals surface area contributed by atoms with Gasteiger partial charge in [0.1, 0.15) is 29.1 Å². The van der Waals surface area contributed by atoms with Crippen LogP contribution in [0.2, 0.25) is 0 Å². The second kappa shape index (κ2) is 5.91. The van der Waals surface area contributed by atoms with Gasteiger partial charge >= 0.3 is 0 Å². The predicted molar refractivity (Wildman–Crippen MR) is 68.0 cm³/mol. The quantitative estimate of drug-likeness (QED) is 0.536. The molecule has 0 aliphatic heterocycles. The smallest absolute Gasteiger partial charge is 0.133 e. The average molecular weight is 351 g/mol. The number of benzene rings is 2. The first-order valence-corrected chi connectivity index (χ1v) is 6.53. The maximum Gasteiger partial charge on any atom is 0.133 e. The third-order valence-corrected chi connectivity index (χ3v) is 3.58. The van der Waals surface area contributed by atoms with Crippen LogP contribution in [0.4, 0.5) is 22.0 Å². The monoisotopic (exact) mass is 350 g/mol. The fraction of sp³-hybridized carbons (Fsp3) is 0.143. The van der Waals surface area contributed by atoms with Gasteiger partial charge in [0, 0.05) is 28.1 Å². The second-order valence-electron chi connectivity index (χ2n) is 4.15. The SMILES string of the molecule is Fc1cc(F)c(C(Br)Cc2c(F)cccc2F)c(F)c1. The molecule has 0 heterocycles. The van der Waals surface area contributed by atoms with Gasteiger partial charge in [0.05, 0.1) is 0 Å². The Morgan fingerprint density at radius 1 is 0.850 bits per heavy atom. The molecular formula is C14H8BrF5. The number of hydrogen-bond donors (Lipinski definition) is 0. The number of hydrogen-bond acceptors (Lipinski definition) is 0. The summed E-state index contributed by atoms with van der Waals surface area (Å²) in [4.78, 5) is -1.02. The van der Waals surface area contributed by atoms with Crippen molar-refractivity contribution in [2.24, 2.45) is 0 Å². The Morgan fingerprint density at radius 3 is 1.85 bits per heavy atom. The lowest BCUT2D eigenvalue weighted by Crippen LogP contribution is -2.06. The normalized spacial score (nSPS) is 12.5. The van der Waals surface area contributed by atoms with Crippen molar-refractivity contribution in [2.75, 3.05) is 0 Å². The van der Waals surface area contributed by atoms with E-state index in [1.165, 1.54) is 6.07 Å². The largest absolute Gasteiger partial charge is 0.207 e. The maximum absolute atomic E-state index is 13.6. The molecule has 106 valence electrons. The molecule has 0 aliphatic carbocycles. The molecule has 1 atom stereocenters. The zero-order valence-corrected chi connectivity index (χ0v) is 11.5. The highest BCUT2D eigenvalue weighted by atomic mass is 79.9. The maximum atomic E-state index is 13.6. The molecule has 0 fully saturated rings. The van der Waals surface area contributed by atoms with Gasteiger partial charge < -0.3 is 0 Å². The Bertz CT molecular complexity index is 598. The van der Waals surface area contributed by atoms with Crippen molar-refractivity contribution in [3.8, 4) is 0 Å². The molecule has 0 amide bonds. The molecule has 0 nitrogen and oxygen atoms in total. The van der Waals surface area contributed by atoms with E-state index in [4.69, 9.17) is 0 Å². The average Bonchev–Trinajstić information content (AvgIpc) is 2.32. The summed E-state index contributed by atoms with van der Waals surface area (Å²) >= 11 is 2.98. The molecule has 0 bridgehead atoms. The molecule has 0 radical (unpaired) electrons. The summed E-state index contributed by atoms with van der Waals surface area (Å²) in [6.07, 6.45) is -0.308. The topological polar surface area (TPSA) is 0 Å². The van der Waals surface area contributed by atoms with Gasteiger partial charge in [-0.1, -0.05) is 22.0 Å². The van der Waals surface area contributed by atoms with Crippen LogP contribution in [0.25, 0.3) is 0 Å². The minimum Gasteiger partial charge on any atom is -0.207 e. The van der Waals surface area contributed by atoms with Crippen molar-refractivity contribution >= 4 is 15.9 Å². The Morgan fingerprint density at radius 2 is 1.35 bits per heavy atom. The first-order chi connectivity index (χ1) is 9.40. The summed E-state index contributed by atoms with van der Waals surface area (Å²) in [5, 5.41) is 0. The van der Waals surface area contributed by atoms with Crippen LogP contribution >= 0.6 is 15.9 Å². The Hall–Kier alpha value is -1.43. The molecule has 0 N–H and O–H groups in total. The molecule has 0 aliphatic rings. The van der Waals surface area contributed by atoms with Gasteiger partial charge in [-0.2, -0.15) is 0 Å². The highest BCUT2D eigenvalue weighted by Gasteiger charge is 2.22. The molecule has 1 unspecified atom stereocenters. The summed E-state index contributed by atoms with van der Waals surface area (Å²) in [5.41, 5.74) is -0.758. The minimum atomic E-state index is -1.11. The second-order valence-corrected chi connectivity index (χ2v) is 5.26. The van der Waals surface area contributed by atoms with E-state index >= 15 is 0 Å². The third-order valence-electron chi connectivity index (χ3n) is 2.80. The molecule has 0 spiro atoms. The fourth-order valence-electron chi connectivity index (χ4n) is 1.86. The predicted octanol–water partition coefficient (Wildman–Crippen LogP) is 5.06. The van der Waals surface area contributed by atoms with Crippen LogP contribution in [-0.2, 0) is 6.42 Å². The molecule has 6 heteroatoms. The van der Waals surface area contributed by atoms with Gasteiger partial charge in [0.15, 0.2) is 0 Å². The Labute approximate surface area is 120 Å². The van der Waals surface area contributed by atoms with Crippen LogP contribution in [0.5, 0.6) is 0 Å². The molecule has 0 aromatic heterocycles. The van der Waals surface area contributed by atoms with Crippen molar-refractivity contribution in [3.05, 3.63) is 70.5 Å². The number of halogens is 6. The molecule has 0 saturated heterocycles. The number of alkyl halides is 1. The molecule has 2 aromatic carbocycles. The summed E-state index contributed by atoms with van der Waals surface area (Å²) in [7, 11) is 0. The Balaban J connectivity index is 2.36. The van der Waals surface area contributed by atoms with E-state index in [0.717, 1.165) is 12.1 Å². The van der Waals surface area contributed by atoms with Gasteiger partial charge in [-0.25, -0.2) is 22.0 Å². The summed E-state index contributed by atoms with van der Waals surface area (Å²) in [6, 6.07) is 4.33. The molecule has 2 aromatic rings. The highest BCUT2D eigenvalue weighted by Crippen LogP contribution is 2.33. The van der Waals surface area contributed by atoms with Crippen molar-refractivity contribution in [1.29, 1.82) is 0 Å². The van der Waals surface area contributed by atoms with Crippen molar-refractivity contribution < 1.29 is 22.0 Å². The highest BCUT2D eigenvalue weighted by molar-refractivity contribution is 9.09. The minimum absolute atomic E-state index is 0.294. The summed E-state index contributed by atoms with van der Waals surface area (Å²) < 4.78 is 66.9. The van der Waals surface area contributed by atoms with Crippen LogP contribution in [-0.4, -0.2) is 0 Å². The zero-order chi connectivity index (χ0) is 14.9. The van der Waals surface area contributed by atoms with E-state index in [-0.39, 0.29) is 12.0 Å². The fourth-order valence-corrected chi connectivity index (χ4v) is 2.62. The summed E-state index contributed by atoms with van der Waals surface area (Å²) in [6.45, 7) is 0. The van der Waals surface area contributed by atoms with Crippen LogP contribution < -0.4 is 0 Å². The van der Waals surface area contributed by atoms with E-state index in [2.05, 4.69) is 15.9 Å². The van der Waals surface area contributed by atoms with Gasteiger partial charge in [-0.15, -0.1) is 0 Å². The van der Waals surface area contributed by atoms with Gasteiger partial charge in [0.25, 0.3) is 0 Å². The summed E-state index contributed by atoms with van der Waals surface area (Å²) in [5.74, 6) is -4.89. The van der Waals surface area contributed by atoms with Gasteiger partial charge in [-0.05, 0) is 18.6 Å². The lowest BCUT2D eigenvalue weighted by Gasteiger charge is -2.13. The van der Waals surface area contributed by atoms with Crippen molar-refractivity contribution in [2.45, 2.75) is 11.2 Å². The molecule has 20 heavy (non-hydrogen) atoms. The molecule has 0 saturated carbocycles. The lowest BCUT2D eigenvalue weighted by molar-refractivity contribution is 0.515. The van der Waals surface area contributed by atoms with Gasteiger partial charge in [-0.3, -0.25) is 0 Å². The van der Waals surface area contributed by atoms with E-state index in [9.17, 15) is 22.0 Å². The first kappa shape index (κ1) is 15.0. The zero-order valence-electron chi connectivity index (χ0n) is 9.94. The first-order valence-electron chi connectivity index (χ1n) is 5.61. The standard InChI is InChI=1S/C14H8BrF5/c15-9(6-8-10(17)2-1-3-11(8)18)14-12(19)4-7(16)5-13(14)20/h1-5,9H,6H2. The third kappa shape index (κ3) is 3.00. The van der Waals surface area contributed by atoms with Crippen LogP contribution in [0.1, 0.15) is 16.0 Å². The van der Waals surface area contributed by atoms with Crippen molar-refractivity contribution in [1.82, 2.24) is 0 Å². The van der Waals surface area contributed by atoms with Crippen LogP contribution in [0.3, 0.4) is 0 Å². The molecule has 2 rings (SSSR count). The van der Waals surface area contributed by atoms with Crippen molar-refractivity contribution in [3.63, 3.8) is 0 Å². The van der Waals surface area contributed by atoms with E-state index in [1.807, 2.05) is 0 Å². The van der Waals surface area contributed by atoms with E-state index < -0.39 is 39.5 Å². The number of rotatable bonds is 3. The van der Waals surface area contributed by atoms with E-state index in [0.29, 0.717) is 12.1 Å².